The fraction of sp³-hybridized carbons (Fsp3) is 0.458. The Hall–Kier alpha value is -2.49. The quantitative estimate of drug-likeness (QED) is 0.771. The predicted octanol–water partition coefficient (Wildman–Crippen LogP) is 4.60. The average Bonchev–Trinajstić information content (AvgIpc) is 2.65. The fourth-order valence-electron chi connectivity index (χ4n) is 5.04. The molecule has 0 aliphatic heterocycles. The van der Waals surface area contributed by atoms with Crippen LogP contribution in [0.1, 0.15) is 42.4 Å². The molecular weight excluding hydrogens is 348 g/mol. The lowest BCUT2D eigenvalue weighted by atomic mass is 9.49. The first-order valence-corrected chi connectivity index (χ1v) is 10.3. The van der Waals surface area contributed by atoms with Crippen molar-refractivity contribution in [3.8, 4) is 5.75 Å². The van der Waals surface area contributed by atoms with E-state index in [4.69, 9.17) is 4.74 Å². The average molecular weight is 379 g/mol. The van der Waals surface area contributed by atoms with Crippen LogP contribution in [-0.4, -0.2) is 19.2 Å². The first-order valence-electron chi connectivity index (χ1n) is 10.3. The van der Waals surface area contributed by atoms with Gasteiger partial charge in [0.2, 0.25) is 0 Å². The van der Waals surface area contributed by atoms with Gasteiger partial charge in [0.15, 0.2) is 0 Å². The molecular formula is C24H30N2O2. The molecule has 2 amide bonds. The minimum atomic E-state index is -0.0635. The van der Waals surface area contributed by atoms with E-state index in [1.54, 1.807) is 7.11 Å². The van der Waals surface area contributed by atoms with Gasteiger partial charge in [0, 0.05) is 12.6 Å². The van der Waals surface area contributed by atoms with Crippen molar-refractivity contribution in [2.24, 2.45) is 11.3 Å². The van der Waals surface area contributed by atoms with Gasteiger partial charge in [-0.05, 0) is 79.2 Å². The molecule has 0 bridgehead atoms. The number of methoxy groups -OCH3 is 1. The molecule has 28 heavy (non-hydrogen) atoms. The van der Waals surface area contributed by atoms with Crippen molar-refractivity contribution in [1.82, 2.24) is 10.6 Å². The van der Waals surface area contributed by atoms with Gasteiger partial charge in [-0.25, -0.2) is 4.79 Å². The van der Waals surface area contributed by atoms with E-state index in [9.17, 15) is 4.79 Å². The Labute approximate surface area is 167 Å². The van der Waals surface area contributed by atoms with E-state index in [2.05, 4.69) is 41.8 Å². The topological polar surface area (TPSA) is 50.4 Å². The minimum absolute atomic E-state index is 0.0635. The third kappa shape index (κ3) is 4.16. The van der Waals surface area contributed by atoms with Crippen LogP contribution in [0.5, 0.6) is 5.75 Å². The maximum absolute atomic E-state index is 12.2. The summed E-state index contributed by atoms with van der Waals surface area (Å²) in [5, 5.41) is 6.09. The summed E-state index contributed by atoms with van der Waals surface area (Å²) in [4.78, 5) is 12.2. The van der Waals surface area contributed by atoms with Gasteiger partial charge in [-0.2, -0.15) is 0 Å². The van der Waals surface area contributed by atoms with Crippen molar-refractivity contribution in [2.45, 2.75) is 51.6 Å². The normalized spacial score (nSPS) is 25.5. The number of ether oxygens (including phenoxy) is 1. The maximum Gasteiger partial charge on any atom is 0.315 e. The van der Waals surface area contributed by atoms with E-state index in [0.717, 1.165) is 30.1 Å². The molecule has 0 radical (unpaired) electrons. The smallest absolute Gasteiger partial charge is 0.315 e. The maximum atomic E-state index is 12.2. The number of carbonyl (C=O) groups is 1. The SMILES string of the molecule is COc1ccc(CNC(=O)NC2CC3(CC(Cc4ccccc4C)C3)C2)cc1. The molecule has 148 valence electrons. The Bertz CT molecular complexity index is 817. The first kappa shape index (κ1) is 18.9. The molecule has 2 aromatic carbocycles. The van der Waals surface area contributed by atoms with Gasteiger partial charge in [0.25, 0.3) is 0 Å². The summed E-state index contributed by atoms with van der Waals surface area (Å²) in [6.07, 6.45) is 6.09. The highest BCUT2D eigenvalue weighted by atomic mass is 16.5. The van der Waals surface area contributed by atoms with Crippen LogP contribution in [-0.2, 0) is 13.0 Å². The number of aryl methyl sites for hydroxylation is 1. The fourth-order valence-corrected chi connectivity index (χ4v) is 5.04. The van der Waals surface area contributed by atoms with E-state index in [1.165, 1.54) is 30.4 Å². The van der Waals surface area contributed by atoms with Gasteiger partial charge in [0.1, 0.15) is 5.75 Å². The third-order valence-electron chi connectivity index (χ3n) is 6.52. The molecule has 2 aromatic rings. The zero-order chi connectivity index (χ0) is 19.6. The van der Waals surface area contributed by atoms with Gasteiger partial charge in [0.05, 0.1) is 7.11 Å². The van der Waals surface area contributed by atoms with Crippen molar-refractivity contribution in [2.75, 3.05) is 7.11 Å². The van der Waals surface area contributed by atoms with Crippen molar-refractivity contribution in [1.29, 1.82) is 0 Å². The van der Waals surface area contributed by atoms with Crippen LogP contribution in [0.15, 0.2) is 48.5 Å². The second-order valence-corrected chi connectivity index (χ2v) is 8.69. The van der Waals surface area contributed by atoms with Crippen molar-refractivity contribution in [3.05, 3.63) is 65.2 Å². The Morgan fingerprint density at radius 2 is 1.79 bits per heavy atom. The number of nitrogens with one attached hydrogen (secondary N) is 2. The number of hydrogen-bond acceptors (Lipinski definition) is 2. The van der Waals surface area contributed by atoms with Crippen LogP contribution in [0.2, 0.25) is 0 Å². The molecule has 0 heterocycles. The molecule has 0 unspecified atom stereocenters. The van der Waals surface area contributed by atoms with Crippen molar-refractivity contribution < 1.29 is 9.53 Å². The standard InChI is InChI=1S/C24H30N2O2/c1-17-5-3-4-6-20(17)11-19-12-24(13-19)14-21(15-24)26-23(27)25-16-18-7-9-22(28-2)10-8-18/h3-10,19,21H,11-16H2,1-2H3,(H2,25,26,27). The van der Waals surface area contributed by atoms with Crippen LogP contribution < -0.4 is 15.4 Å². The lowest BCUT2D eigenvalue weighted by Crippen LogP contribution is -2.57. The summed E-state index contributed by atoms with van der Waals surface area (Å²) < 4.78 is 5.15. The van der Waals surface area contributed by atoms with Gasteiger partial charge in [-0.15, -0.1) is 0 Å². The number of benzene rings is 2. The second-order valence-electron chi connectivity index (χ2n) is 8.69. The Morgan fingerprint density at radius 1 is 1.07 bits per heavy atom. The summed E-state index contributed by atoms with van der Waals surface area (Å²) in [5.74, 6) is 1.64. The number of urea groups is 1. The van der Waals surface area contributed by atoms with E-state index >= 15 is 0 Å². The monoisotopic (exact) mass is 378 g/mol. The Balaban J connectivity index is 1.15. The highest BCUT2D eigenvalue weighted by Gasteiger charge is 2.52. The van der Waals surface area contributed by atoms with Crippen LogP contribution in [0.3, 0.4) is 0 Å². The number of carbonyl (C=O) groups excluding carboxylic acids is 1. The highest BCUT2D eigenvalue weighted by Crippen LogP contribution is 2.59. The molecule has 4 heteroatoms. The van der Waals surface area contributed by atoms with Crippen molar-refractivity contribution in [3.63, 3.8) is 0 Å². The first-order chi connectivity index (χ1) is 13.5. The van der Waals surface area contributed by atoms with Crippen molar-refractivity contribution >= 4 is 6.03 Å². The second kappa shape index (κ2) is 7.86. The lowest BCUT2D eigenvalue weighted by Gasteiger charge is -2.58. The summed E-state index contributed by atoms with van der Waals surface area (Å²) in [5.41, 5.74) is 4.47. The van der Waals surface area contributed by atoms with Crippen LogP contribution in [0.4, 0.5) is 4.79 Å². The molecule has 2 aliphatic carbocycles. The third-order valence-corrected chi connectivity index (χ3v) is 6.52. The molecule has 2 fully saturated rings. The summed E-state index contributed by atoms with van der Waals surface area (Å²) >= 11 is 0. The largest absolute Gasteiger partial charge is 0.497 e. The molecule has 2 aliphatic rings. The number of rotatable bonds is 6. The summed E-state index contributed by atoms with van der Waals surface area (Å²) in [6, 6.07) is 16.8. The van der Waals surface area contributed by atoms with Gasteiger partial charge >= 0.3 is 6.03 Å². The van der Waals surface area contributed by atoms with Gasteiger partial charge in [-0.3, -0.25) is 0 Å². The highest BCUT2D eigenvalue weighted by molar-refractivity contribution is 5.74. The zero-order valence-corrected chi connectivity index (χ0v) is 16.8. The summed E-state index contributed by atoms with van der Waals surface area (Å²) in [6.45, 7) is 2.74. The van der Waals surface area contributed by atoms with Gasteiger partial charge in [-0.1, -0.05) is 36.4 Å². The van der Waals surface area contributed by atoms with E-state index in [-0.39, 0.29) is 6.03 Å². The Kier molecular flexibility index (Phi) is 5.29. The molecule has 2 N–H and O–H groups in total. The molecule has 4 rings (SSSR count). The van der Waals surface area contributed by atoms with E-state index in [0.29, 0.717) is 18.0 Å². The summed E-state index contributed by atoms with van der Waals surface area (Å²) in [7, 11) is 1.65. The van der Waals surface area contributed by atoms with E-state index < -0.39 is 0 Å². The van der Waals surface area contributed by atoms with Gasteiger partial charge < -0.3 is 15.4 Å². The molecule has 0 aromatic heterocycles. The molecule has 2 saturated carbocycles. The zero-order valence-electron chi connectivity index (χ0n) is 16.8. The van der Waals surface area contributed by atoms with Crippen LogP contribution in [0.25, 0.3) is 0 Å². The number of amides is 2. The van der Waals surface area contributed by atoms with Crippen LogP contribution in [0, 0.1) is 18.3 Å². The minimum Gasteiger partial charge on any atom is -0.497 e. The molecule has 0 saturated heterocycles. The van der Waals surface area contributed by atoms with E-state index in [1.807, 2.05) is 24.3 Å². The van der Waals surface area contributed by atoms with Crippen LogP contribution >= 0.6 is 0 Å². The number of hydrogen-bond donors (Lipinski definition) is 2. The predicted molar refractivity (Wildman–Crippen MR) is 111 cm³/mol. The lowest BCUT2D eigenvalue weighted by molar-refractivity contribution is -0.0454. The molecule has 1 spiro atoms. The Morgan fingerprint density at radius 3 is 2.46 bits per heavy atom. The molecule has 4 nitrogen and oxygen atoms in total. The molecule has 0 atom stereocenters.